The van der Waals surface area contributed by atoms with Crippen LogP contribution in [0.25, 0.3) is 0 Å². The molecule has 2 fully saturated rings. The van der Waals surface area contributed by atoms with E-state index in [4.69, 9.17) is 4.74 Å². The second kappa shape index (κ2) is 5.90. The van der Waals surface area contributed by atoms with Gasteiger partial charge < -0.3 is 15.0 Å². The standard InChI is InChI=1S/C14H24N2O3/c1-3-14(4-2)13(18)15-10-12(17)16(14)8-7-11-6-5-9-19-11/h11H,3-10H2,1-2H3,(H,15,18). The number of nitrogens with zero attached hydrogens (tertiary/aromatic N) is 1. The van der Waals surface area contributed by atoms with E-state index in [0.717, 1.165) is 25.9 Å². The highest BCUT2D eigenvalue weighted by Gasteiger charge is 2.46. The minimum Gasteiger partial charge on any atom is -0.378 e. The Morgan fingerprint density at radius 2 is 2.11 bits per heavy atom. The maximum Gasteiger partial charge on any atom is 0.246 e. The van der Waals surface area contributed by atoms with Gasteiger partial charge in [0.25, 0.3) is 0 Å². The Labute approximate surface area is 114 Å². The summed E-state index contributed by atoms with van der Waals surface area (Å²) >= 11 is 0. The van der Waals surface area contributed by atoms with Crippen molar-refractivity contribution in [2.75, 3.05) is 19.7 Å². The number of hydrogen-bond acceptors (Lipinski definition) is 3. The molecule has 1 N–H and O–H groups in total. The Hall–Kier alpha value is -1.10. The minimum atomic E-state index is -0.659. The molecule has 5 nitrogen and oxygen atoms in total. The maximum atomic E-state index is 12.2. The molecule has 2 heterocycles. The van der Waals surface area contributed by atoms with E-state index in [1.54, 1.807) is 4.90 Å². The molecule has 2 aliphatic heterocycles. The third kappa shape index (κ3) is 2.61. The number of hydrogen-bond donors (Lipinski definition) is 1. The zero-order chi connectivity index (χ0) is 13.9. The summed E-state index contributed by atoms with van der Waals surface area (Å²) in [5, 5.41) is 2.72. The van der Waals surface area contributed by atoms with E-state index in [1.807, 2.05) is 13.8 Å². The lowest BCUT2D eigenvalue weighted by Crippen LogP contribution is -2.67. The van der Waals surface area contributed by atoms with Crippen LogP contribution in [0.1, 0.15) is 46.0 Å². The van der Waals surface area contributed by atoms with Crippen LogP contribution in [0.15, 0.2) is 0 Å². The van der Waals surface area contributed by atoms with Gasteiger partial charge in [0.05, 0.1) is 12.6 Å². The van der Waals surface area contributed by atoms with Crippen molar-refractivity contribution in [3.8, 4) is 0 Å². The Balaban J connectivity index is 2.07. The molecule has 0 bridgehead atoms. The maximum absolute atomic E-state index is 12.2. The van der Waals surface area contributed by atoms with Gasteiger partial charge in [-0.2, -0.15) is 0 Å². The van der Waals surface area contributed by atoms with Crippen LogP contribution in [0.2, 0.25) is 0 Å². The summed E-state index contributed by atoms with van der Waals surface area (Å²) in [7, 11) is 0. The molecule has 0 spiro atoms. The first-order valence-electron chi connectivity index (χ1n) is 7.34. The molecule has 2 amide bonds. The van der Waals surface area contributed by atoms with Crippen LogP contribution in [0.3, 0.4) is 0 Å². The fourth-order valence-corrected chi connectivity index (χ4v) is 3.21. The SMILES string of the molecule is CCC1(CC)C(=O)NCC(=O)N1CCC1CCCO1. The molecule has 19 heavy (non-hydrogen) atoms. The summed E-state index contributed by atoms with van der Waals surface area (Å²) in [6.45, 7) is 5.53. The average molecular weight is 268 g/mol. The largest absolute Gasteiger partial charge is 0.378 e. The Kier molecular flexibility index (Phi) is 4.45. The number of carbonyl (C=O) groups excluding carboxylic acids is 2. The van der Waals surface area contributed by atoms with Crippen LogP contribution >= 0.6 is 0 Å². The average Bonchev–Trinajstić information content (AvgIpc) is 2.93. The molecule has 5 heteroatoms. The normalized spacial score (nSPS) is 26.6. The minimum absolute atomic E-state index is 0.00978. The highest BCUT2D eigenvalue weighted by Crippen LogP contribution is 2.28. The van der Waals surface area contributed by atoms with Gasteiger partial charge >= 0.3 is 0 Å². The number of ether oxygens (including phenoxy) is 1. The monoisotopic (exact) mass is 268 g/mol. The summed E-state index contributed by atoms with van der Waals surface area (Å²) in [5.41, 5.74) is -0.659. The first-order chi connectivity index (χ1) is 9.14. The zero-order valence-corrected chi connectivity index (χ0v) is 11.9. The first kappa shape index (κ1) is 14.3. The molecule has 0 aliphatic carbocycles. The third-order valence-corrected chi connectivity index (χ3v) is 4.51. The highest BCUT2D eigenvalue weighted by atomic mass is 16.5. The number of nitrogens with one attached hydrogen (secondary N) is 1. The van der Waals surface area contributed by atoms with Gasteiger partial charge in [0.2, 0.25) is 11.8 Å². The van der Waals surface area contributed by atoms with E-state index in [0.29, 0.717) is 19.4 Å². The van der Waals surface area contributed by atoms with Gasteiger partial charge in [0.15, 0.2) is 0 Å². The molecule has 0 aromatic rings. The lowest BCUT2D eigenvalue weighted by Gasteiger charge is -2.45. The lowest BCUT2D eigenvalue weighted by atomic mass is 9.87. The summed E-state index contributed by atoms with van der Waals surface area (Å²) < 4.78 is 5.60. The smallest absolute Gasteiger partial charge is 0.246 e. The van der Waals surface area contributed by atoms with Gasteiger partial charge in [0, 0.05) is 13.2 Å². The van der Waals surface area contributed by atoms with E-state index in [1.165, 1.54) is 0 Å². The number of piperazine rings is 1. The van der Waals surface area contributed by atoms with Crippen molar-refractivity contribution in [1.82, 2.24) is 10.2 Å². The molecule has 2 aliphatic rings. The van der Waals surface area contributed by atoms with Crippen molar-refractivity contribution in [3.05, 3.63) is 0 Å². The van der Waals surface area contributed by atoms with Gasteiger partial charge in [0.1, 0.15) is 5.54 Å². The molecule has 1 atom stereocenters. The molecule has 1 unspecified atom stereocenters. The van der Waals surface area contributed by atoms with Crippen molar-refractivity contribution >= 4 is 11.8 Å². The van der Waals surface area contributed by atoms with Gasteiger partial charge in [-0.3, -0.25) is 9.59 Å². The number of amides is 2. The van der Waals surface area contributed by atoms with E-state index in [9.17, 15) is 9.59 Å². The summed E-state index contributed by atoms with van der Waals surface area (Å²) in [5.74, 6) is 0.0192. The third-order valence-electron chi connectivity index (χ3n) is 4.51. The van der Waals surface area contributed by atoms with E-state index in [2.05, 4.69) is 5.32 Å². The molecule has 0 saturated carbocycles. The van der Waals surface area contributed by atoms with Gasteiger partial charge in [-0.25, -0.2) is 0 Å². The fraction of sp³-hybridized carbons (Fsp3) is 0.857. The van der Waals surface area contributed by atoms with E-state index in [-0.39, 0.29) is 24.5 Å². The quantitative estimate of drug-likeness (QED) is 0.811. The summed E-state index contributed by atoms with van der Waals surface area (Å²) in [6, 6.07) is 0. The van der Waals surface area contributed by atoms with Gasteiger partial charge in [-0.05, 0) is 32.1 Å². The second-order valence-corrected chi connectivity index (χ2v) is 5.39. The predicted molar refractivity (Wildman–Crippen MR) is 71.6 cm³/mol. The molecular weight excluding hydrogens is 244 g/mol. The summed E-state index contributed by atoms with van der Waals surface area (Å²) in [4.78, 5) is 26.1. The van der Waals surface area contributed by atoms with Gasteiger partial charge in [-0.1, -0.05) is 13.8 Å². The van der Waals surface area contributed by atoms with Crippen molar-refractivity contribution in [3.63, 3.8) is 0 Å². The van der Waals surface area contributed by atoms with Crippen molar-refractivity contribution < 1.29 is 14.3 Å². The first-order valence-corrected chi connectivity index (χ1v) is 7.34. The van der Waals surface area contributed by atoms with Crippen LogP contribution in [0, 0.1) is 0 Å². The van der Waals surface area contributed by atoms with E-state index < -0.39 is 5.54 Å². The van der Waals surface area contributed by atoms with Crippen LogP contribution in [-0.4, -0.2) is 48.1 Å². The molecule has 2 rings (SSSR count). The number of carbonyl (C=O) groups is 2. The van der Waals surface area contributed by atoms with Gasteiger partial charge in [-0.15, -0.1) is 0 Å². The summed E-state index contributed by atoms with van der Waals surface area (Å²) in [6.07, 6.45) is 4.58. The van der Waals surface area contributed by atoms with Crippen LogP contribution in [0.4, 0.5) is 0 Å². The second-order valence-electron chi connectivity index (χ2n) is 5.39. The fourth-order valence-electron chi connectivity index (χ4n) is 3.21. The Morgan fingerprint density at radius 1 is 1.37 bits per heavy atom. The van der Waals surface area contributed by atoms with Crippen molar-refractivity contribution in [1.29, 1.82) is 0 Å². The predicted octanol–water partition coefficient (Wildman–Crippen LogP) is 1.07. The molecule has 108 valence electrons. The van der Waals surface area contributed by atoms with Crippen LogP contribution in [-0.2, 0) is 14.3 Å². The molecule has 0 aromatic carbocycles. The molecular formula is C14H24N2O3. The van der Waals surface area contributed by atoms with E-state index >= 15 is 0 Å². The van der Waals surface area contributed by atoms with Crippen LogP contribution in [0.5, 0.6) is 0 Å². The molecule has 0 aromatic heterocycles. The Bertz CT molecular complexity index is 347. The lowest BCUT2D eigenvalue weighted by molar-refractivity contribution is -0.155. The molecule has 0 radical (unpaired) electrons. The van der Waals surface area contributed by atoms with Crippen LogP contribution < -0.4 is 5.32 Å². The Morgan fingerprint density at radius 3 is 2.68 bits per heavy atom. The van der Waals surface area contributed by atoms with Crippen molar-refractivity contribution in [2.24, 2.45) is 0 Å². The number of rotatable bonds is 5. The topological polar surface area (TPSA) is 58.6 Å². The zero-order valence-electron chi connectivity index (χ0n) is 11.9. The molecule has 2 saturated heterocycles. The van der Waals surface area contributed by atoms with Crippen molar-refractivity contribution in [2.45, 2.75) is 57.6 Å². The highest BCUT2D eigenvalue weighted by molar-refractivity contribution is 5.97.